The monoisotopic (exact) mass is 469 g/mol. The maximum Gasteiger partial charge on any atom is 0.281 e. The van der Waals surface area contributed by atoms with Crippen LogP contribution in [0.3, 0.4) is 0 Å². The van der Waals surface area contributed by atoms with Crippen LogP contribution in [0.15, 0.2) is 12.1 Å². The van der Waals surface area contributed by atoms with Gasteiger partial charge in [-0.2, -0.15) is 0 Å². The molecule has 0 bridgehead atoms. The summed E-state index contributed by atoms with van der Waals surface area (Å²) in [6.45, 7) is 3.03. The molecule has 0 saturated carbocycles. The second kappa shape index (κ2) is 12.1. The van der Waals surface area contributed by atoms with Crippen LogP contribution in [0.1, 0.15) is 73.1 Å². The molecule has 0 aromatic heterocycles. The number of ether oxygens (including phenoxy) is 2. The summed E-state index contributed by atoms with van der Waals surface area (Å²) in [5.74, 6) is -1.35. The molecule has 1 aliphatic rings. The fourth-order valence-electron chi connectivity index (χ4n) is 3.60. The second-order valence-corrected chi connectivity index (χ2v) is 7.96. The van der Waals surface area contributed by atoms with Crippen LogP contribution in [-0.2, 0) is 4.74 Å². The van der Waals surface area contributed by atoms with Crippen LogP contribution in [0, 0.1) is 10.1 Å². The van der Waals surface area contributed by atoms with Gasteiger partial charge in [0.25, 0.3) is 5.69 Å². The molecule has 0 unspecified atom stereocenters. The normalized spacial score (nSPS) is 25.0. The number of nitrogens with zero attached hydrogens (tertiary/aromatic N) is 1. The van der Waals surface area contributed by atoms with Crippen molar-refractivity contribution in [3.8, 4) is 5.75 Å². The Morgan fingerprint density at radius 2 is 1.58 bits per heavy atom. The molecule has 1 aromatic carbocycles. The Morgan fingerprint density at radius 3 is 2.09 bits per heavy atom. The average Bonchev–Trinajstić information content (AvgIpc) is 2.80. The Balaban J connectivity index is 2.57. The maximum absolute atomic E-state index is 13.1. The second-order valence-electron chi connectivity index (χ2n) is 7.96. The molecule has 33 heavy (non-hydrogen) atoms. The molecule has 11 nitrogen and oxygen atoms in total. The van der Waals surface area contributed by atoms with Crippen molar-refractivity contribution in [2.24, 2.45) is 0 Å². The lowest BCUT2D eigenvalue weighted by molar-refractivity contribution is -0.385. The van der Waals surface area contributed by atoms with E-state index in [1.807, 2.05) is 13.8 Å². The van der Waals surface area contributed by atoms with E-state index in [-0.39, 0.29) is 29.7 Å². The fourth-order valence-corrected chi connectivity index (χ4v) is 3.60. The van der Waals surface area contributed by atoms with E-state index in [1.165, 1.54) is 0 Å². The minimum absolute atomic E-state index is 0.00506. The predicted octanol–water partition coefficient (Wildman–Crippen LogP) is 1.52. The summed E-state index contributed by atoms with van der Waals surface area (Å²) in [6, 6.07) is 2.17. The number of benzene rings is 1. The minimum atomic E-state index is -1.75. The van der Waals surface area contributed by atoms with Crippen molar-refractivity contribution >= 4 is 17.3 Å². The summed E-state index contributed by atoms with van der Waals surface area (Å²) >= 11 is 0. The summed E-state index contributed by atoms with van der Waals surface area (Å²) in [5, 5.41) is 51.3. The van der Waals surface area contributed by atoms with Crippen molar-refractivity contribution in [3.05, 3.63) is 33.4 Å². The first-order valence-electron chi connectivity index (χ1n) is 11.0. The number of hydrogen-bond donors (Lipinski definition) is 4. The van der Waals surface area contributed by atoms with Gasteiger partial charge in [0.05, 0.1) is 17.1 Å². The van der Waals surface area contributed by atoms with Gasteiger partial charge in [0.1, 0.15) is 35.7 Å². The molecular weight excluding hydrogens is 438 g/mol. The minimum Gasteiger partial charge on any atom is -0.461 e. The molecule has 4 N–H and O–H groups in total. The standard InChI is InChI=1S/C22H31NO10/c1-3-5-7-13(25)17-12(23(30)31)9-10-15(18(17)14(26)8-6-4-2)32-22-21(29)20(28)19(27)16(11-24)33-22/h9-10,16,19-22,24,27-29H,3-8,11H2,1-2H3/t16-,19-,20+,21-,22+/m1/s1. The Morgan fingerprint density at radius 1 is 1.00 bits per heavy atom. The van der Waals surface area contributed by atoms with E-state index in [0.717, 1.165) is 12.1 Å². The van der Waals surface area contributed by atoms with E-state index in [9.17, 15) is 40.1 Å². The highest BCUT2D eigenvalue weighted by atomic mass is 16.7. The van der Waals surface area contributed by atoms with Gasteiger partial charge in [0.2, 0.25) is 6.29 Å². The molecule has 0 radical (unpaired) electrons. The number of unbranched alkanes of at least 4 members (excludes halogenated alkanes) is 2. The van der Waals surface area contributed by atoms with E-state index >= 15 is 0 Å². The lowest BCUT2D eigenvalue weighted by Crippen LogP contribution is -2.60. The number of nitro benzene ring substituents is 1. The Bertz CT molecular complexity index is 856. The van der Waals surface area contributed by atoms with Gasteiger partial charge in [-0.05, 0) is 18.9 Å². The summed E-state index contributed by atoms with van der Waals surface area (Å²) < 4.78 is 11.0. The predicted molar refractivity (Wildman–Crippen MR) is 115 cm³/mol. The number of aliphatic hydroxyl groups excluding tert-OH is 4. The van der Waals surface area contributed by atoms with Crippen molar-refractivity contribution in [3.63, 3.8) is 0 Å². The highest BCUT2D eigenvalue weighted by Gasteiger charge is 2.45. The highest BCUT2D eigenvalue weighted by molar-refractivity contribution is 6.13. The van der Waals surface area contributed by atoms with E-state index < -0.39 is 59.5 Å². The Kier molecular flexibility index (Phi) is 9.87. The van der Waals surface area contributed by atoms with Gasteiger partial charge in [0, 0.05) is 18.9 Å². The number of hydrogen-bond acceptors (Lipinski definition) is 10. The van der Waals surface area contributed by atoms with Gasteiger partial charge in [-0.15, -0.1) is 0 Å². The molecule has 1 aliphatic heterocycles. The van der Waals surface area contributed by atoms with Crippen LogP contribution < -0.4 is 4.74 Å². The number of carbonyl (C=O) groups is 2. The number of aliphatic hydroxyl groups is 4. The van der Waals surface area contributed by atoms with Crippen molar-refractivity contribution < 1.29 is 44.4 Å². The molecule has 0 spiro atoms. The quantitative estimate of drug-likeness (QED) is 0.199. The number of rotatable bonds is 12. The zero-order valence-electron chi connectivity index (χ0n) is 18.7. The first-order valence-corrected chi connectivity index (χ1v) is 11.0. The van der Waals surface area contributed by atoms with E-state index in [1.54, 1.807) is 0 Å². The van der Waals surface area contributed by atoms with Crippen LogP contribution in [-0.4, -0.2) is 74.2 Å². The van der Waals surface area contributed by atoms with Crippen LogP contribution in [0.25, 0.3) is 0 Å². The highest BCUT2D eigenvalue weighted by Crippen LogP contribution is 2.35. The Hall–Kier alpha value is -2.44. The third-order valence-electron chi connectivity index (χ3n) is 5.51. The molecule has 0 amide bonds. The summed E-state index contributed by atoms with van der Waals surface area (Å²) in [4.78, 5) is 36.9. The summed E-state index contributed by atoms with van der Waals surface area (Å²) in [7, 11) is 0. The van der Waals surface area contributed by atoms with E-state index in [2.05, 4.69) is 0 Å². The molecule has 1 fully saturated rings. The number of nitro groups is 1. The molecule has 5 atom stereocenters. The summed E-state index contributed by atoms with van der Waals surface area (Å²) in [6.07, 6.45) is -5.67. The third kappa shape index (κ3) is 6.12. The third-order valence-corrected chi connectivity index (χ3v) is 5.51. The fraction of sp³-hybridized carbons (Fsp3) is 0.636. The first kappa shape index (κ1) is 26.8. The lowest BCUT2D eigenvalue weighted by Gasteiger charge is -2.39. The zero-order chi connectivity index (χ0) is 24.7. The number of carbonyl (C=O) groups excluding carboxylic acids is 2. The van der Waals surface area contributed by atoms with Crippen molar-refractivity contribution in [1.29, 1.82) is 0 Å². The van der Waals surface area contributed by atoms with Crippen LogP contribution in [0.4, 0.5) is 5.69 Å². The number of Topliss-reactive ketones (excluding diaryl/α,β-unsaturated/α-hetero) is 2. The smallest absolute Gasteiger partial charge is 0.281 e. The maximum atomic E-state index is 13.1. The van der Waals surface area contributed by atoms with Crippen LogP contribution in [0.2, 0.25) is 0 Å². The molecule has 1 heterocycles. The molecule has 0 aliphatic carbocycles. The largest absolute Gasteiger partial charge is 0.461 e. The van der Waals surface area contributed by atoms with Gasteiger partial charge in [0.15, 0.2) is 11.6 Å². The summed E-state index contributed by atoms with van der Waals surface area (Å²) in [5.41, 5.74) is -1.18. The van der Waals surface area contributed by atoms with Crippen LogP contribution >= 0.6 is 0 Å². The number of ketones is 2. The molecule has 184 valence electrons. The van der Waals surface area contributed by atoms with Crippen molar-refractivity contribution in [2.75, 3.05) is 6.61 Å². The van der Waals surface area contributed by atoms with Gasteiger partial charge in [-0.3, -0.25) is 19.7 Å². The average molecular weight is 469 g/mol. The van der Waals surface area contributed by atoms with E-state index in [4.69, 9.17) is 9.47 Å². The zero-order valence-corrected chi connectivity index (χ0v) is 18.7. The van der Waals surface area contributed by atoms with Gasteiger partial charge < -0.3 is 29.9 Å². The molecule has 1 aromatic rings. The van der Waals surface area contributed by atoms with Crippen LogP contribution in [0.5, 0.6) is 5.75 Å². The van der Waals surface area contributed by atoms with Gasteiger partial charge in [-0.25, -0.2) is 0 Å². The van der Waals surface area contributed by atoms with E-state index in [0.29, 0.717) is 25.7 Å². The topological polar surface area (TPSA) is 177 Å². The van der Waals surface area contributed by atoms with Crippen molar-refractivity contribution in [2.45, 2.75) is 83.1 Å². The van der Waals surface area contributed by atoms with Crippen molar-refractivity contribution in [1.82, 2.24) is 0 Å². The molecular formula is C22H31NO10. The lowest BCUT2D eigenvalue weighted by atomic mass is 9.92. The Labute approximate surface area is 191 Å². The SMILES string of the molecule is CCCCC(=O)c1c(O[C@H]2O[C@H](CO)[C@@H](O)[C@H](O)[C@H]2O)ccc([N+](=O)[O-])c1C(=O)CCCC. The van der Waals surface area contributed by atoms with Gasteiger partial charge >= 0.3 is 0 Å². The van der Waals surface area contributed by atoms with Gasteiger partial charge in [-0.1, -0.05) is 26.7 Å². The molecule has 1 saturated heterocycles. The first-order chi connectivity index (χ1) is 15.7. The molecule has 11 heteroatoms. The molecule has 2 rings (SSSR count).